The fourth-order valence-electron chi connectivity index (χ4n) is 3.15. The van der Waals surface area contributed by atoms with Crippen molar-refractivity contribution in [3.63, 3.8) is 0 Å². The molecular formula is C22H40O. The molecule has 1 rings (SSSR count). The van der Waals surface area contributed by atoms with Crippen LogP contribution < -0.4 is 0 Å². The lowest BCUT2D eigenvalue weighted by molar-refractivity contribution is 0.127. The first-order valence-corrected chi connectivity index (χ1v) is 10.4. The summed E-state index contributed by atoms with van der Waals surface area (Å²) in [7, 11) is 0. The molecule has 0 unspecified atom stereocenters. The molecule has 0 aliphatic heterocycles. The van der Waals surface area contributed by atoms with Crippen LogP contribution in [0, 0.1) is 0 Å². The topological polar surface area (TPSA) is 9.23 Å². The van der Waals surface area contributed by atoms with E-state index in [2.05, 4.69) is 25.2 Å². The van der Waals surface area contributed by atoms with Crippen molar-refractivity contribution >= 4 is 0 Å². The largest absolute Gasteiger partial charge is 0.381 e. The van der Waals surface area contributed by atoms with Gasteiger partial charge in [-0.25, -0.2) is 0 Å². The Kier molecular flexibility index (Phi) is 14.5. The van der Waals surface area contributed by atoms with Crippen LogP contribution in [0.1, 0.15) is 103 Å². The van der Waals surface area contributed by atoms with Gasteiger partial charge in [-0.3, -0.25) is 0 Å². The fourth-order valence-corrected chi connectivity index (χ4v) is 3.15. The normalized spacial score (nSPS) is 14.2. The van der Waals surface area contributed by atoms with Crippen LogP contribution in [0.3, 0.4) is 0 Å². The Hall–Kier alpha value is -0.560. The first-order valence-electron chi connectivity index (χ1n) is 10.4. The van der Waals surface area contributed by atoms with Crippen molar-refractivity contribution in [2.24, 2.45) is 0 Å². The molecule has 0 N–H and O–H groups in total. The number of ether oxygens (including phenoxy) is 1. The van der Waals surface area contributed by atoms with E-state index >= 15 is 0 Å². The van der Waals surface area contributed by atoms with E-state index in [1.165, 1.54) is 96.3 Å². The Morgan fingerprint density at radius 3 is 1.96 bits per heavy atom. The van der Waals surface area contributed by atoms with Crippen molar-refractivity contribution in [3.8, 4) is 0 Å². The minimum atomic E-state index is 0.962. The Bertz CT molecular complexity index is 303. The maximum absolute atomic E-state index is 5.59. The molecule has 0 radical (unpaired) electrons. The van der Waals surface area contributed by atoms with E-state index in [0.29, 0.717) is 0 Å². The molecular weight excluding hydrogens is 280 g/mol. The molecule has 0 saturated heterocycles. The molecule has 0 atom stereocenters. The van der Waals surface area contributed by atoms with Gasteiger partial charge in [0.25, 0.3) is 0 Å². The summed E-state index contributed by atoms with van der Waals surface area (Å²) in [5.74, 6) is 0. The Morgan fingerprint density at radius 2 is 1.35 bits per heavy atom. The zero-order valence-corrected chi connectivity index (χ0v) is 15.7. The van der Waals surface area contributed by atoms with Gasteiger partial charge in [-0.15, -0.1) is 0 Å². The van der Waals surface area contributed by atoms with Crippen molar-refractivity contribution in [2.75, 3.05) is 13.2 Å². The van der Waals surface area contributed by atoms with Crippen LogP contribution in [0.5, 0.6) is 0 Å². The van der Waals surface area contributed by atoms with Crippen molar-refractivity contribution in [1.82, 2.24) is 0 Å². The molecule has 0 fully saturated rings. The summed E-state index contributed by atoms with van der Waals surface area (Å²) < 4.78 is 5.59. The van der Waals surface area contributed by atoms with Crippen LogP contribution in [-0.4, -0.2) is 13.2 Å². The van der Waals surface area contributed by atoms with E-state index < -0.39 is 0 Å². The molecule has 0 aromatic rings. The first-order chi connectivity index (χ1) is 11.4. The second-order valence-corrected chi connectivity index (χ2v) is 7.01. The molecule has 0 spiro atoms. The van der Waals surface area contributed by atoms with Crippen molar-refractivity contribution in [1.29, 1.82) is 0 Å². The molecule has 0 aromatic carbocycles. The highest BCUT2D eigenvalue weighted by molar-refractivity contribution is 5.21. The average Bonchev–Trinajstić information content (AvgIpc) is 2.59. The smallest absolute Gasteiger partial charge is 0.0466 e. The molecule has 23 heavy (non-hydrogen) atoms. The van der Waals surface area contributed by atoms with Crippen molar-refractivity contribution < 1.29 is 4.74 Å². The predicted octanol–water partition coefficient (Wildman–Crippen LogP) is 7.37. The van der Waals surface area contributed by atoms with Crippen LogP contribution in [0.15, 0.2) is 23.8 Å². The monoisotopic (exact) mass is 320 g/mol. The van der Waals surface area contributed by atoms with Gasteiger partial charge in [-0.2, -0.15) is 0 Å². The summed E-state index contributed by atoms with van der Waals surface area (Å²) in [6.45, 7) is 4.16. The Balaban J connectivity index is 1.70. The molecule has 0 heterocycles. The average molecular weight is 321 g/mol. The number of hydrogen-bond acceptors (Lipinski definition) is 1. The van der Waals surface area contributed by atoms with Gasteiger partial charge in [0.15, 0.2) is 0 Å². The summed E-state index contributed by atoms with van der Waals surface area (Å²) >= 11 is 0. The van der Waals surface area contributed by atoms with Crippen LogP contribution in [-0.2, 0) is 4.74 Å². The van der Waals surface area contributed by atoms with E-state index in [1.54, 1.807) is 5.57 Å². The number of unbranched alkanes of at least 4 members (excludes halogenated alkanes) is 10. The van der Waals surface area contributed by atoms with E-state index in [4.69, 9.17) is 4.74 Å². The third-order valence-electron chi connectivity index (χ3n) is 4.72. The van der Waals surface area contributed by atoms with Gasteiger partial charge in [0.2, 0.25) is 0 Å². The summed E-state index contributed by atoms with van der Waals surface area (Å²) in [5.41, 5.74) is 1.58. The van der Waals surface area contributed by atoms with E-state index in [9.17, 15) is 0 Å². The maximum atomic E-state index is 5.59. The summed E-state index contributed by atoms with van der Waals surface area (Å²) in [5, 5.41) is 0. The molecule has 1 aliphatic carbocycles. The van der Waals surface area contributed by atoms with Gasteiger partial charge >= 0.3 is 0 Å². The lowest BCUT2D eigenvalue weighted by Crippen LogP contribution is -1.96. The molecule has 134 valence electrons. The maximum Gasteiger partial charge on any atom is 0.0466 e. The van der Waals surface area contributed by atoms with Crippen molar-refractivity contribution in [3.05, 3.63) is 23.8 Å². The number of allylic oxidation sites excluding steroid dienone is 4. The zero-order chi connectivity index (χ0) is 16.4. The van der Waals surface area contributed by atoms with Crippen LogP contribution in [0.2, 0.25) is 0 Å². The summed E-state index contributed by atoms with van der Waals surface area (Å²) in [6, 6.07) is 0. The van der Waals surface area contributed by atoms with Gasteiger partial charge < -0.3 is 4.74 Å². The SMILES string of the molecule is CCCCOCCCCCCCCCCCCC1=CCCC=C1. The van der Waals surface area contributed by atoms with Gasteiger partial charge in [-0.05, 0) is 38.5 Å². The van der Waals surface area contributed by atoms with Gasteiger partial charge in [0, 0.05) is 13.2 Å². The Labute approximate surface area is 145 Å². The second kappa shape index (κ2) is 16.3. The lowest BCUT2D eigenvalue weighted by atomic mass is 10.00. The molecule has 0 bridgehead atoms. The molecule has 1 nitrogen and oxygen atoms in total. The first kappa shape index (κ1) is 20.5. The number of rotatable bonds is 16. The van der Waals surface area contributed by atoms with Crippen molar-refractivity contribution in [2.45, 2.75) is 103 Å². The molecule has 0 saturated carbocycles. The van der Waals surface area contributed by atoms with E-state index in [1.807, 2.05) is 0 Å². The third-order valence-corrected chi connectivity index (χ3v) is 4.72. The number of hydrogen-bond donors (Lipinski definition) is 0. The quantitative estimate of drug-likeness (QED) is 0.270. The van der Waals surface area contributed by atoms with Gasteiger partial charge in [0.05, 0.1) is 0 Å². The highest BCUT2D eigenvalue weighted by Crippen LogP contribution is 2.17. The highest BCUT2D eigenvalue weighted by Gasteiger charge is 1.98. The van der Waals surface area contributed by atoms with Crippen LogP contribution in [0.4, 0.5) is 0 Å². The summed E-state index contributed by atoms with van der Waals surface area (Å²) in [6.07, 6.45) is 27.3. The standard InChI is InChI=1S/C22H40O/c1-2-3-20-23-21-16-11-9-7-5-4-6-8-10-13-17-22-18-14-12-15-19-22/h14,18-19H,2-13,15-17,20-21H2,1H3. The van der Waals surface area contributed by atoms with E-state index in [-0.39, 0.29) is 0 Å². The minimum Gasteiger partial charge on any atom is -0.381 e. The minimum absolute atomic E-state index is 0.962. The lowest BCUT2D eigenvalue weighted by Gasteiger charge is -2.07. The molecule has 1 heteroatoms. The summed E-state index contributed by atoms with van der Waals surface area (Å²) in [4.78, 5) is 0. The van der Waals surface area contributed by atoms with Crippen LogP contribution >= 0.6 is 0 Å². The highest BCUT2D eigenvalue weighted by atomic mass is 16.5. The predicted molar refractivity (Wildman–Crippen MR) is 103 cm³/mol. The van der Waals surface area contributed by atoms with Gasteiger partial charge in [-0.1, -0.05) is 88.5 Å². The van der Waals surface area contributed by atoms with Gasteiger partial charge in [0.1, 0.15) is 0 Å². The third kappa shape index (κ3) is 13.6. The fraction of sp³-hybridized carbons (Fsp3) is 0.818. The molecule has 0 amide bonds. The second-order valence-electron chi connectivity index (χ2n) is 7.01. The molecule has 1 aliphatic rings. The van der Waals surface area contributed by atoms with Crippen LogP contribution in [0.25, 0.3) is 0 Å². The Morgan fingerprint density at radius 1 is 0.739 bits per heavy atom. The molecule has 0 aromatic heterocycles. The van der Waals surface area contributed by atoms with E-state index in [0.717, 1.165) is 13.2 Å². The zero-order valence-electron chi connectivity index (χ0n) is 15.7.